The summed E-state index contributed by atoms with van der Waals surface area (Å²) in [6, 6.07) is 5.02. The highest BCUT2D eigenvalue weighted by atomic mass is 16.3. The molecule has 4 bridgehead atoms. The van der Waals surface area contributed by atoms with Crippen LogP contribution < -0.4 is 0 Å². The Kier molecular flexibility index (Phi) is 2.39. The first-order valence-electron chi connectivity index (χ1n) is 7.65. The molecule has 2 unspecified atom stereocenters. The third-order valence-electron chi connectivity index (χ3n) is 6.12. The molecule has 4 aliphatic rings. The monoisotopic (exact) mass is 258 g/mol. The zero-order chi connectivity index (χ0) is 13.0. The molecule has 2 atom stereocenters. The van der Waals surface area contributed by atoms with Crippen molar-refractivity contribution in [3.05, 3.63) is 23.8 Å². The number of rotatable bonds is 3. The summed E-state index contributed by atoms with van der Waals surface area (Å²) in [7, 11) is 0. The maximum Gasteiger partial charge on any atom is 0.122 e. The minimum atomic E-state index is 0.153. The smallest absolute Gasteiger partial charge is 0.122 e. The third-order valence-corrected chi connectivity index (χ3v) is 6.12. The van der Waals surface area contributed by atoms with Crippen molar-refractivity contribution in [3.8, 4) is 11.5 Å². The van der Waals surface area contributed by atoms with Gasteiger partial charge in [0.25, 0.3) is 0 Å². The Bertz CT molecular complexity index is 494. The van der Waals surface area contributed by atoms with Crippen LogP contribution in [0.2, 0.25) is 0 Å². The fourth-order valence-corrected chi connectivity index (χ4v) is 5.52. The molecule has 0 spiro atoms. The van der Waals surface area contributed by atoms with Gasteiger partial charge in [-0.25, -0.2) is 0 Å². The molecule has 0 heterocycles. The molecular weight excluding hydrogens is 236 g/mol. The van der Waals surface area contributed by atoms with Crippen molar-refractivity contribution in [3.63, 3.8) is 0 Å². The number of aromatic hydroxyl groups is 2. The Hall–Kier alpha value is -1.18. The minimum absolute atomic E-state index is 0.153. The van der Waals surface area contributed by atoms with E-state index in [0.717, 1.165) is 29.7 Å². The summed E-state index contributed by atoms with van der Waals surface area (Å²) in [6.07, 6.45) is 9.49. The van der Waals surface area contributed by atoms with Crippen LogP contribution in [0.5, 0.6) is 11.5 Å². The molecule has 0 amide bonds. The molecule has 4 fully saturated rings. The molecule has 0 radical (unpaired) electrons. The maximum atomic E-state index is 9.90. The van der Waals surface area contributed by atoms with Crippen molar-refractivity contribution in [2.24, 2.45) is 23.2 Å². The van der Waals surface area contributed by atoms with Crippen LogP contribution >= 0.6 is 0 Å². The maximum absolute atomic E-state index is 9.90. The quantitative estimate of drug-likeness (QED) is 0.864. The lowest BCUT2D eigenvalue weighted by Crippen LogP contribution is -2.23. The lowest BCUT2D eigenvalue weighted by molar-refractivity contribution is 0.185. The van der Waals surface area contributed by atoms with Crippen LogP contribution in [0.3, 0.4) is 0 Å². The van der Waals surface area contributed by atoms with E-state index in [1.807, 2.05) is 6.07 Å². The van der Waals surface area contributed by atoms with Crippen LogP contribution in [0.1, 0.15) is 44.1 Å². The minimum Gasteiger partial charge on any atom is -0.508 e. The average molecular weight is 258 g/mol. The fourth-order valence-electron chi connectivity index (χ4n) is 5.52. The lowest BCUT2D eigenvalue weighted by atomic mass is 9.72. The first-order valence-corrected chi connectivity index (χ1v) is 7.65. The summed E-state index contributed by atoms with van der Waals surface area (Å²) in [6.45, 7) is 0. The SMILES string of the molecule is Oc1ccc(CCC23CC4CC(CC2C4)C3)c(O)c1. The van der Waals surface area contributed by atoms with Gasteiger partial charge in [-0.3, -0.25) is 0 Å². The summed E-state index contributed by atoms with van der Waals surface area (Å²) in [5.74, 6) is 3.39. The number of hydrogen-bond acceptors (Lipinski definition) is 2. The van der Waals surface area contributed by atoms with Crippen LogP contribution in [0.25, 0.3) is 0 Å². The van der Waals surface area contributed by atoms with Crippen molar-refractivity contribution in [2.75, 3.05) is 0 Å². The summed E-state index contributed by atoms with van der Waals surface area (Å²) in [5, 5.41) is 19.3. The van der Waals surface area contributed by atoms with Gasteiger partial charge in [0.1, 0.15) is 11.5 Å². The molecule has 2 N–H and O–H groups in total. The molecule has 102 valence electrons. The second kappa shape index (κ2) is 3.91. The second-order valence-electron chi connectivity index (χ2n) is 7.22. The summed E-state index contributed by atoms with van der Waals surface area (Å²) in [5.41, 5.74) is 1.59. The van der Waals surface area contributed by atoms with Gasteiger partial charge in [0, 0.05) is 6.07 Å². The van der Waals surface area contributed by atoms with Gasteiger partial charge >= 0.3 is 0 Å². The van der Waals surface area contributed by atoms with E-state index < -0.39 is 0 Å². The van der Waals surface area contributed by atoms with E-state index in [1.165, 1.54) is 44.6 Å². The van der Waals surface area contributed by atoms with Gasteiger partial charge in [-0.1, -0.05) is 6.07 Å². The molecule has 2 nitrogen and oxygen atoms in total. The van der Waals surface area contributed by atoms with E-state index in [0.29, 0.717) is 5.41 Å². The van der Waals surface area contributed by atoms with Crippen molar-refractivity contribution < 1.29 is 10.2 Å². The van der Waals surface area contributed by atoms with Gasteiger partial charge in [0.2, 0.25) is 0 Å². The third kappa shape index (κ3) is 1.76. The summed E-state index contributed by atoms with van der Waals surface area (Å²) < 4.78 is 0. The van der Waals surface area contributed by atoms with Gasteiger partial charge in [-0.15, -0.1) is 0 Å². The standard InChI is InChI=1S/C17H22O2/c18-15-2-1-13(16(19)8-15)3-4-17-9-11-5-12(10-17)7-14(17)6-11/h1-2,8,11-12,14,18-19H,3-7,9-10H2. The zero-order valence-corrected chi connectivity index (χ0v) is 11.3. The fraction of sp³-hybridized carbons (Fsp3) is 0.647. The Morgan fingerprint density at radius 2 is 1.79 bits per heavy atom. The molecule has 1 aromatic carbocycles. The molecule has 4 saturated carbocycles. The highest BCUT2D eigenvalue weighted by Gasteiger charge is 2.56. The van der Waals surface area contributed by atoms with Gasteiger partial charge in [0.05, 0.1) is 0 Å². The Morgan fingerprint density at radius 1 is 1.05 bits per heavy atom. The number of aryl methyl sites for hydroxylation is 1. The molecule has 4 aliphatic carbocycles. The number of hydrogen-bond donors (Lipinski definition) is 2. The normalized spacial score (nSPS) is 39.1. The molecule has 0 aromatic heterocycles. The van der Waals surface area contributed by atoms with Gasteiger partial charge in [-0.2, -0.15) is 0 Å². The predicted octanol–water partition coefficient (Wildman–Crippen LogP) is 3.86. The highest BCUT2D eigenvalue weighted by molar-refractivity contribution is 5.39. The Morgan fingerprint density at radius 3 is 2.47 bits per heavy atom. The molecule has 19 heavy (non-hydrogen) atoms. The van der Waals surface area contributed by atoms with Gasteiger partial charge in [-0.05, 0) is 79.7 Å². The van der Waals surface area contributed by atoms with Crippen LogP contribution in [0, 0.1) is 23.2 Å². The summed E-state index contributed by atoms with van der Waals surface area (Å²) >= 11 is 0. The van der Waals surface area contributed by atoms with Crippen LogP contribution in [0.15, 0.2) is 18.2 Å². The molecule has 2 heteroatoms. The van der Waals surface area contributed by atoms with E-state index in [1.54, 1.807) is 6.07 Å². The van der Waals surface area contributed by atoms with Crippen LogP contribution in [0.4, 0.5) is 0 Å². The lowest BCUT2D eigenvalue weighted by Gasteiger charge is -2.33. The Balaban J connectivity index is 1.51. The molecular formula is C17H22O2. The van der Waals surface area contributed by atoms with Crippen molar-refractivity contribution in [1.29, 1.82) is 0 Å². The van der Waals surface area contributed by atoms with Crippen LogP contribution in [-0.4, -0.2) is 10.2 Å². The second-order valence-corrected chi connectivity index (χ2v) is 7.22. The van der Waals surface area contributed by atoms with E-state index in [4.69, 9.17) is 0 Å². The van der Waals surface area contributed by atoms with Crippen LogP contribution in [-0.2, 0) is 6.42 Å². The first-order chi connectivity index (χ1) is 9.14. The van der Waals surface area contributed by atoms with Gasteiger partial charge in [0.15, 0.2) is 0 Å². The highest BCUT2D eigenvalue weighted by Crippen LogP contribution is 2.67. The largest absolute Gasteiger partial charge is 0.508 e. The zero-order valence-electron chi connectivity index (χ0n) is 11.3. The number of phenolic OH excluding ortho intramolecular Hbond substituents is 2. The topological polar surface area (TPSA) is 40.5 Å². The molecule has 5 rings (SSSR count). The number of phenols is 2. The molecule has 0 aliphatic heterocycles. The van der Waals surface area contributed by atoms with E-state index >= 15 is 0 Å². The van der Waals surface area contributed by atoms with Crippen molar-refractivity contribution in [1.82, 2.24) is 0 Å². The van der Waals surface area contributed by atoms with Gasteiger partial charge < -0.3 is 10.2 Å². The van der Waals surface area contributed by atoms with Crippen molar-refractivity contribution in [2.45, 2.75) is 44.9 Å². The average Bonchev–Trinajstić information content (AvgIpc) is 2.73. The summed E-state index contributed by atoms with van der Waals surface area (Å²) in [4.78, 5) is 0. The van der Waals surface area contributed by atoms with E-state index in [2.05, 4.69) is 0 Å². The first kappa shape index (κ1) is 11.6. The van der Waals surface area contributed by atoms with E-state index in [9.17, 15) is 10.2 Å². The predicted molar refractivity (Wildman–Crippen MR) is 74.1 cm³/mol. The van der Waals surface area contributed by atoms with Crippen molar-refractivity contribution >= 4 is 0 Å². The Labute approximate surface area is 114 Å². The molecule has 0 saturated heterocycles. The van der Waals surface area contributed by atoms with E-state index in [-0.39, 0.29) is 11.5 Å². The molecule has 1 aromatic rings. The number of benzene rings is 1.